The second-order valence-electron chi connectivity index (χ2n) is 10.6. The third kappa shape index (κ3) is 5.88. The number of fused-ring (bicyclic) bond motifs is 1. The van der Waals surface area contributed by atoms with E-state index in [4.69, 9.17) is 19.9 Å². The number of primary amides is 1. The molecule has 2 fully saturated rings. The Kier molecular flexibility index (Phi) is 8.06. The Morgan fingerprint density at radius 1 is 0.932 bits per heavy atom. The molecule has 0 unspecified atom stereocenters. The summed E-state index contributed by atoms with van der Waals surface area (Å²) in [5.41, 5.74) is 4.38. The molecule has 1 aliphatic heterocycles. The van der Waals surface area contributed by atoms with Crippen molar-refractivity contribution in [1.29, 1.82) is 0 Å². The van der Waals surface area contributed by atoms with Crippen LogP contribution in [0.4, 0.5) is 24.5 Å². The van der Waals surface area contributed by atoms with Gasteiger partial charge in [0, 0.05) is 50.2 Å². The van der Waals surface area contributed by atoms with E-state index in [1.54, 1.807) is 12.1 Å². The van der Waals surface area contributed by atoms with Gasteiger partial charge in [-0.2, -0.15) is 0 Å². The van der Waals surface area contributed by atoms with Gasteiger partial charge in [-0.25, -0.2) is 18.2 Å². The summed E-state index contributed by atoms with van der Waals surface area (Å²) in [4.78, 5) is 37.5. The van der Waals surface area contributed by atoms with Gasteiger partial charge in [-0.1, -0.05) is 0 Å². The molecule has 1 saturated heterocycles. The van der Waals surface area contributed by atoms with Crippen molar-refractivity contribution in [3.05, 3.63) is 78.4 Å². The molecule has 4 aromatic rings. The van der Waals surface area contributed by atoms with Crippen LogP contribution in [0, 0.1) is 22.9 Å². The molecule has 6 rings (SSSR count). The summed E-state index contributed by atoms with van der Waals surface area (Å²) >= 11 is 0. The molecule has 2 amide bonds. The van der Waals surface area contributed by atoms with Crippen LogP contribution in [-0.2, 0) is 14.3 Å². The van der Waals surface area contributed by atoms with E-state index >= 15 is 4.39 Å². The van der Waals surface area contributed by atoms with Gasteiger partial charge >= 0.3 is 0 Å². The van der Waals surface area contributed by atoms with Crippen molar-refractivity contribution in [3.8, 4) is 17.4 Å². The van der Waals surface area contributed by atoms with Gasteiger partial charge in [0.05, 0.1) is 35.5 Å². The monoisotopic (exact) mass is 607 g/mol. The van der Waals surface area contributed by atoms with Gasteiger partial charge in [-0.15, -0.1) is 0 Å². The van der Waals surface area contributed by atoms with E-state index < -0.39 is 34.7 Å². The van der Waals surface area contributed by atoms with Gasteiger partial charge < -0.3 is 19.9 Å². The smallest absolute Gasteiger partial charge is 0.247 e. The molecule has 1 aliphatic carbocycles. The molecule has 10 nitrogen and oxygen atoms in total. The van der Waals surface area contributed by atoms with Crippen LogP contribution in [0.5, 0.6) is 17.4 Å². The highest BCUT2D eigenvalue weighted by Gasteiger charge is 2.57. The predicted octanol–water partition coefficient (Wildman–Crippen LogP) is 4.48. The summed E-state index contributed by atoms with van der Waals surface area (Å²) in [5.74, 6) is -4.33. The van der Waals surface area contributed by atoms with Crippen molar-refractivity contribution in [1.82, 2.24) is 14.9 Å². The van der Waals surface area contributed by atoms with E-state index in [2.05, 4.69) is 14.9 Å². The Morgan fingerprint density at radius 2 is 1.66 bits per heavy atom. The molecule has 0 atom stereocenters. The number of anilines is 2. The molecule has 3 heterocycles. The van der Waals surface area contributed by atoms with Crippen LogP contribution in [0.25, 0.3) is 10.9 Å². The highest BCUT2D eigenvalue weighted by Crippen LogP contribution is 2.49. The maximum Gasteiger partial charge on any atom is 0.247 e. The van der Waals surface area contributed by atoms with E-state index in [1.807, 2.05) is 0 Å². The molecule has 0 bridgehead atoms. The van der Waals surface area contributed by atoms with Crippen molar-refractivity contribution in [3.63, 3.8) is 0 Å². The van der Waals surface area contributed by atoms with Crippen LogP contribution in [-0.4, -0.2) is 66.1 Å². The minimum absolute atomic E-state index is 0.0292. The van der Waals surface area contributed by atoms with Crippen molar-refractivity contribution in [2.45, 2.75) is 12.8 Å². The zero-order chi connectivity index (χ0) is 30.8. The zero-order valence-corrected chi connectivity index (χ0v) is 23.5. The fourth-order valence-corrected chi connectivity index (χ4v) is 5.01. The molecule has 228 valence electrons. The van der Waals surface area contributed by atoms with E-state index in [1.165, 1.54) is 24.5 Å². The van der Waals surface area contributed by atoms with Gasteiger partial charge in [0.2, 0.25) is 17.7 Å². The van der Waals surface area contributed by atoms with Crippen molar-refractivity contribution >= 4 is 34.1 Å². The lowest BCUT2D eigenvalue weighted by atomic mass is 10.0. The second kappa shape index (κ2) is 12.1. The third-order valence-electron chi connectivity index (χ3n) is 7.71. The third-order valence-corrected chi connectivity index (χ3v) is 7.71. The Balaban J connectivity index is 1.23. The number of ether oxygens (including phenoxy) is 3. The van der Waals surface area contributed by atoms with Crippen molar-refractivity contribution < 1.29 is 37.0 Å². The lowest BCUT2D eigenvalue weighted by molar-refractivity contribution is -0.133. The molecule has 1 saturated carbocycles. The van der Waals surface area contributed by atoms with Crippen LogP contribution in [0.15, 0.2) is 60.9 Å². The molecule has 2 N–H and O–H groups in total. The summed E-state index contributed by atoms with van der Waals surface area (Å²) in [6.45, 7) is 4.27. The van der Waals surface area contributed by atoms with E-state index in [0.717, 1.165) is 48.8 Å². The minimum Gasteiger partial charge on any atom is -0.476 e. The first kappa shape index (κ1) is 29.3. The SMILES string of the molecule is NC(=O)C1(C(=O)N(c2ccc(F)c(F)c2)c2ccc(Oc3ccnc4cc(OCCN5CCOCC5)ncc34)c(F)c2)CC1. The molecule has 0 radical (unpaired) electrons. The van der Waals surface area contributed by atoms with E-state index in [0.29, 0.717) is 36.6 Å². The lowest BCUT2D eigenvalue weighted by Gasteiger charge is -2.27. The largest absolute Gasteiger partial charge is 0.476 e. The number of morpholine rings is 1. The predicted molar refractivity (Wildman–Crippen MR) is 153 cm³/mol. The number of hydrogen-bond donors (Lipinski definition) is 1. The number of carbonyl (C=O) groups is 2. The van der Waals surface area contributed by atoms with Crippen LogP contribution >= 0.6 is 0 Å². The molecular formula is C31H28F3N5O5. The number of hydrogen-bond acceptors (Lipinski definition) is 8. The molecule has 2 aromatic heterocycles. The zero-order valence-electron chi connectivity index (χ0n) is 23.5. The fraction of sp³-hybridized carbons (Fsp3) is 0.290. The number of aromatic nitrogens is 2. The number of carbonyl (C=O) groups excluding carboxylic acids is 2. The number of rotatable bonds is 10. The first-order chi connectivity index (χ1) is 21.2. The van der Waals surface area contributed by atoms with Crippen LogP contribution in [0.2, 0.25) is 0 Å². The number of amides is 2. The summed E-state index contributed by atoms with van der Waals surface area (Å²) in [5, 5.41) is 0.507. The van der Waals surface area contributed by atoms with Crippen molar-refractivity contribution in [2.24, 2.45) is 11.1 Å². The van der Waals surface area contributed by atoms with Crippen LogP contribution in [0.1, 0.15) is 12.8 Å². The molecule has 13 heteroatoms. The molecule has 44 heavy (non-hydrogen) atoms. The Hall–Kier alpha value is -4.75. The van der Waals surface area contributed by atoms with Crippen LogP contribution in [0.3, 0.4) is 0 Å². The Bertz CT molecular complexity index is 1730. The summed E-state index contributed by atoms with van der Waals surface area (Å²) < 4.78 is 60.3. The molecule has 0 spiro atoms. The minimum atomic E-state index is -1.51. The molecule has 2 aromatic carbocycles. The van der Waals surface area contributed by atoms with E-state index in [-0.39, 0.29) is 35.7 Å². The number of nitrogens with two attached hydrogens (primary N) is 1. The number of nitrogens with zero attached hydrogens (tertiary/aromatic N) is 4. The van der Waals surface area contributed by atoms with Gasteiger partial charge in [0.1, 0.15) is 17.8 Å². The second-order valence-corrected chi connectivity index (χ2v) is 10.6. The number of benzene rings is 2. The van der Waals surface area contributed by atoms with Gasteiger partial charge in [0.15, 0.2) is 23.2 Å². The molecular weight excluding hydrogens is 579 g/mol. The first-order valence-corrected chi connectivity index (χ1v) is 14.0. The number of halogens is 3. The molecule has 2 aliphatic rings. The standard InChI is InChI=1S/C31H28F3N5O5/c32-22-3-1-19(15-23(22)33)39(30(41)31(6-7-31)29(35)40)20-2-4-27(24(34)16-20)44-26-5-8-36-25-17-28(37-18-21(25)26)43-14-11-38-9-12-42-13-10-38/h1-5,8,15-18H,6-7,9-14H2,(H2,35,40). The summed E-state index contributed by atoms with van der Waals surface area (Å²) in [6, 6.07) is 9.68. The maximum atomic E-state index is 15.5. The van der Waals surface area contributed by atoms with Crippen molar-refractivity contribution in [2.75, 3.05) is 44.4 Å². The normalized spacial score (nSPS) is 16.0. The van der Waals surface area contributed by atoms with Crippen LogP contribution < -0.4 is 20.1 Å². The maximum absolute atomic E-state index is 15.5. The fourth-order valence-electron chi connectivity index (χ4n) is 5.01. The highest BCUT2D eigenvalue weighted by molar-refractivity contribution is 6.16. The topological polar surface area (TPSA) is 120 Å². The highest BCUT2D eigenvalue weighted by atomic mass is 19.2. The summed E-state index contributed by atoms with van der Waals surface area (Å²) in [7, 11) is 0. The van der Waals surface area contributed by atoms with Gasteiger partial charge in [-0.3, -0.25) is 24.4 Å². The average Bonchev–Trinajstić information content (AvgIpc) is 3.84. The quantitative estimate of drug-likeness (QED) is 0.262. The number of pyridine rings is 2. The van der Waals surface area contributed by atoms with Gasteiger partial charge in [-0.05, 0) is 43.2 Å². The average molecular weight is 608 g/mol. The Morgan fingerprint density at radius 3 is 2.34 bits per heavy atom. The Labute approximate surface area is 250 Å². The first-order valence-electron chi connectivity index (χ1n) is 14.0. The summed E-state index contributed by atoms with van der Waals surface area (Å²) in [6.07, 6.45) is 3.41. The van der Waals surface area contributed by atoms with E-state index in [9.17, 15) is 18.4 Å². The lowest BCUT2D eigenvalue weighted by Crippen LogP contribution is -2.41. The van der Waals surface area contributed by atoms with Gasteiger partial charge in [0.25, 0.3) is 0 Å².